The van der Waals surface area contributed by atoms with E-state index < -0.39 is 0 Å². The quantitative estimate of drug-likeness (QED) is 0.0882. The number of rotatable bonds is 14. The first kappa shape index (κ1) is 37.5. The van der Waals surface area contributed by atoms with Crippen LogP contribution in [-0.2, 0) is 0 Å². The highest BCUT2D eigenvalue weighted by Gasteiger charge is 2.23. The monoisotopic (exact) mass is 740 g/mol. The smallest absolute Gasteiger partial charge is 0.0796 e. The molecular weight excluding hydrogens is 689 g/mol. The molecule has 8 aromatic rings. The summed E-state index contributed by atoms with van der Waals surface area (Å²) >= 11 is 0. The molecule has 0 radical (unpaired) electrons. The second kappa shape index (κ2) is 17.2. The van der Waals surface area contributed by atoms with Gasteiger partial charge in [0.2, 0.25) is 0 Å². The van der Waals surface area contributed by atoms with Crippen molar-refractivity contribution < 1.29 is 0 Å². The van der Waals surface area contributed by atoms with E-state index in [4.69, 9.17) is 0 Å². The molecule has 0 aliphatic carbocycles. The third-order valence-electron chi connectivity index (χ3n) is 11.5. The highest BCUT2D eigenvalue weighted by atomic mass is 15.2. The van der Waals surface area contributed by atoms with Crippen molar-refractivity contribution in [2.75, 3.05) is 23.3 Å². The first-order valence-corrected chi connectivity index (χ1v) is 20.6. The van der Waals surface area contributed by atoms with Crippen LogP contribution in [0, 0.1) is 0 Å². The highest BCUT2D eigenvalue weighted by Crippen LogP contribution is 2.43. The number of para-hydroxylation sites is 1. The third kappa shape index (κ3) is 7.73. The maximum absolute atomic E-state index is 4.00. The van der Waals surface area contributed by atoms with Crippen LogP contribution in [0.5, 0.6) is 0 Å². The maximum atomic E-state index is 4.00. The number of anilines is 2. The van der Waals surface area contributed by atoms with Crippen LogP contribution < -0.4 is 10.2 Å². The van der Waals surface area contributed by atoms with Gasteiger partial charge in [-0.2, -0.15) is 0 Å². The molecule has 0 aliphatic heterocycles. The Morgan fingerprint density at radius 1 is 0.526 bits per heavy atom. The van der Waals surface area contributed by atoms with Crippen LogP contribution in [0.25, 0.3) is 54.9 Å². The lowest BCUT2D eigenvalue weighted by Gasteiger charge is -2.35. The van der Waals surface area contributed by atoms with Gasteiger partial charge in [0.25, 0.3) is 0 Å². The molecule has 2 nitrogen and oxygen atoms in total. The molecule has 0 aliphatic rings. The topological polar surface area (TPSA) is 15.3 Å². The third-order valence-corrected chi connectivity index (χ3v) is 11.5. The lowest BCUT2D eigenvalue weighted by molar-refractivity contribution is 0.689. The first-order chi connectivity index (χ1) is 28.1. The molecule has 2 heteroatoms. The molecule has 2 atom stereocenters. The van der Waals surface area contributed by atoms with Crippen LogP contribution >= 0.6 is 0 Å². The molecule has 0 fully saturated rings. The number of fused-ring (bicyclic) bond motifs is 3. The van der Waals surface area contributed by atoms with Crippen LogP contribution in [-0.4, -0.2) is 13.1 Å². The predicted octanol–water partition coefficient (Wildman–Crippen LogP) is 15.1. The molecule has 8 rings (SSSR count). The molecule has 57 heavy (non-hydrogen) atoms. The Hall–Kier alpha value is -6.38. The lowest BCUT2D eigenvalue weighted by Crippen LogP contribution is -2.30. The van der Waals surface area contributed by atoms with E-state index in [0.29, 0.717) is 5.92 Å². The van der Waals surface area contributed by atoms with Crippen molar-refractivity contribution >= 4 is 32.9 Å². The first-order valence-electron chi connectivity index (χ1n) is 20.6. The average molecular weight is 741 g/mol. The minimum Gasteiger partial charge on any atom is -0.381 e. The van der Waals surface area contributed by atoms with E-state index in [1.54, 1.807) is 0 Å². The largest absolute Gasteiger partial charge is 0.381 e. The Morgan fingerprint density at radius 3 is 1.68 bits per heavy atom. The Morgan fingerprint density at radius 2 is 1.07 bits per heavy atom. The number of hydrogen-bond acceptors (Lipinski definition) is 2. The van der Waals surface area contributed by atoms with Gasteiger partial charge in [-0.1, -0.05) is 166 Å². The van der Waals surface area contributed by atoms with E-state index in [9.17, 15) is 0 Å². The molecule has 0 saturated heterocycles. The van der Waals surface area contributed by atoms with Crippen LogP contribution in [0.2, 0.25) is 0 Å². The van der Waals surface area contributed by atoms with Gasteiger partial charge in [-0.15, -0.1) is 6.58 Å². The molecule has 2 unspecified atom stereocenters. The van der Waals surface area contributed by atoms with Gasteiger partial charge in [-0.3, -0.25) is 0 Å². The lowest BCUT2D eigenvalue weighted by atomic mass is 9.86. The second-order valence-electron chi connectivity index (χ2n) is 15.2. The van der Waals surface area contributed by atoms with Gasteiger partial charge in [0.1, 0.15) is 0 Å². The zero-order valence-corrected chi connectivity index (χ0v) is 33.5. The van der Waals surface area contributed by atoms with Gasteiger partial charge in [0.15, 0.2) is 0 Å². The molecule has 0 saturated carbocycles. The number of nitrogens with one attached hydrogen (secondary N) is 1. The molecule has 0 heterocycles. The minimum absolute atomic E-state index is 0.0860. The van der Waals surface area contributed by atoms with E-state index in [1.165, 1.54) is 83.0 Å². The maximum Gasteiger partial charge on any atom is 0.0796 e. The summed E-state index contributed by atoms with van der Waals surface area (Å²) in [4.78, 5) is 2.55. The standard InChI is InChI=1S/C55H52N2/c1-5-33-56-54-51-32-31-46(38-52(51)49-29-14-15-30-50(49)53(54)39(4)7-3)44-24-17-22-42(36-44)41-21-16-23-43(35-41)45-25-18-26-47(37-45)55(40-19-10-8-11-20-40)57(34-6-2)48-27-12-9-13-28-48/h5,8-32,35-39,55-56H,1,6-7,33-34H2,2-4H3. The van der Waals surface area contributed by atoms with E-state index in [0.717, 1.165) is 25.9 Å². The van der Waals surface area contributed by atoms with Gasteiger partial charge >= 0.3 is 0 Å². The molecule has 0 spiro atoms. The average Bonchev–Trinajstić information content (AvgIpc) is 3.28. The summed E-state index contributed by atoms with van der Waals surface area (Å²) < 4.78 is 0. The highest BCUT2D eigenvalue weighted by molar-refractivity contribution is 6.16. The zero-order chi connectivity index (χ0) is 39.1. The van der Waals surface area contributed by atoms with Crippen molar-refractivity contribution in [3.05, 3.63) is 205 Å². The summed E-state index contributed by atoms with van der Waals surface area (Å²) in [5.41, 5.74) is 13.7. The normalized spacial score (nSPS) is 12.3. The second-order valence-corrected chi connectivity index (χ2v) is 15.2. The molecule has 8 aromatic carbocycles. The molecule has 0 bridgehead atoms. The summed E-state index contributed by atoms with van der Waals surface area (Å²) in [6, 6.07) is 64.9. The zero-order valence-electron chi connectivity index (χ0n) is 33.5. The van der Waals surface area contributed by atoms with Crippen molar-refractivity contribution in [3.63, 3.8) is 0 Å². The van der Waals surface area contributed by atoms with E-state index in [1.807, 2.05) is 6.08 Å². The number of hydrogen-bond donors (Lipinski definition) is 1. The van der Waals surface area contributed by atoms with Crippen molar-refractivity contribution in [2.24, 2.45) is 0 Å². The van der Waals surface area contributed by atoms with E-state index in [-0.39, 0.29) is 6.04 Å². The fourth-order valence-electron chi connectivity index (χ4n) is 8.58. The Bertz CT molecular complexity index is 2620. The molecular formula is C55H52N2. The van der Waals surface area contributed by atoms with Crippen LogP contribution in [0.1, 0.15) is 62.3 Å². The summed E-state index contributed by atoms with van der Waals surface area (Å²) in [5.74, 6) is 0.427. The predicted molar refractivity (Wildman–Crippen MR) is 248 cm³/mol. The van der Waals surface area contributed by atoms with Crippen LogP contribution in [0.4, 0.5) is 11.4 Å². The molecule has 282 valence electrons. The minimum atomic E-state index is 0.0860. The van der Waals surface area contributed by atoms with Crippen molar-refractivity contribution in [1.82, 2.24) is 0 Å². The summed E-state index contributed by atoms with van der Waals surface area (Å²) in [5, 5.41) is 8.90. The number of benzene rings is 8. The van der Waals surface area contributed by atoms with Gasteiger partial charge < -0.3 is 10.2 Å². The summed E-state index contributed by atoms with van der Waals surface area (Å²) in [7, 11) is 0. The van der Waals surface area contributed by atoms with Gasteiger partial charge in [-0.05, 0) is 121 Å². The van der Waals surface area contributed by atoms with Crippen molar-refractivity contribution in [1.29, 1.82) is 0 Å². The van der Waals surface area contributed by atoms with Gasteiger partial charge in [0, 0.05) is 29.9 Å². The fourth-order valence-corrected chi connectivity index (χ4v) is 8.58. The fraction of sp³-hybridized carbons (Fsp3) is 0.164. The Labute approximate surface area is 339 Å². The molecule has 0 amide bonds. The van der Waals surface area contributed by atoms with E-state index >= 15 is 0 Å². The van der Waals surface area contributed by atoms with E-state index in [2.05, 4.69) is 213 Å². The van der Waals surface area contributed by atoms with Crippen molar-refractivity contribution in [3.8, 4) is 33.4 Å². The SMILES string of the molecule is C=CCNc1c(C(C)CC)c2ccccc2c2cc(-c3cccc(-c4cccc(-c5cccc(C(c6ccccc6)N(CCC)c6ccccc6)c5)c4)c3)ccc12. The number of nitrogens with zero attached hydrogens (tertiary/aromatic N) is 1. The van der Waals surface area contributed by atoms with Gasteiger partial charge in [-0.25, -0.2) is 0 Å². The van der Waals surface area contributed by atoms with Gasteiger partial charge in [0.05, 0.1) is 6.04 Å². The molecule has 1 N–H and O–H groups in total. The van der Waals surface area contributed by atoms with Crippen LogP contribution in [0.15, 0.2) is 189 Å². The Balaban J connectivity index is 1.17. The van der Waals surface area contributed by atoms with Crippen LogP contribution in [0.3, 0.4) is 0 Å². The molecule has 0 aromatic heterocycles. The van der Waals surface area contributed by atoms with Crippen molar-refractivity contribution in [2.45, 2.75) is 45.6 Å². The summed E-state index contributed by atoms with van der Waals surface area (Å²) in [6.07, 6.45) is 4.08. The summed E-state index contributed by atoms with van der Waals surface area (Å²) in [6.45, 7) is 12.6. The Kier molecular flexibility index (Phi) is 11.3.